The fraction of sp³-hybridized carbons (Fsp3) is 0.300. The monoisotopic (exact) mass is 238 g/mol. The Bertz CT molecular complexity index is 474. The molecule has 7 nitrogen and oxygen atoms in total. The first kappa shape index (κ1) is 11.2. The lowest BCUT2D eigenvalue weighted by Gasteiger charge is -2.09. The molecule has 1 aliphatic heterocycles. The Morgan fingerprint density at radius 3 is 2.88 bits per heavy atom. The first-order chi connectivity index (χ1) is 8.11. The molecular weight excluding hydrogens is 228 g/mol. The number of benzene rings is 1. The number of nitrogens with one attached hydrogen (secondary N) is 1. The molecule has 90 valence electrons. The number of rotatable bonds is 3. The van der Waals surface area contributed by atoms with Gasteiger partial charge in [-0.05, 0) is 12.1 Å². The largest absolute Gasteiger partial charge is 0.497 e. The van der Waals surface area contributed by atoms with Crippen LogP contribution >= 0.6 is 0 Å². The van der Waals surface area contributed by atoms with Crippen molar-refractivity contribution in [1.82, 2.24) is 5.32 Å². The number of alkyl carbamates (subject to hydrolysis) is 1. The minimum atomic E-state index is -0.577. The summed E-state index contributed by atoms with van der Waals surface area (Å²) in [6.45, 7) is 0.0762. The van der Waals surface area contributed by atoms with E-state index >= 15 is 0 Å². The van der Waals surface area contributed by atoms with Crippen LogP contribution in [0.4, 0.5) is 10.5 Å². The number of hydrogen-bond donors (Lipinski definition) is 1. The van der Waals surface area contributed by atoms with Crippen molar-refractivity contribution in [2.75, 3.05) is 13.7 Å². The van der Waals surface area contributed by atoms with E-state index in [1.807, 2.05) is 0 Å². The molecule has 0 aliphatic carbocycles. The summed E-state index contributed by atoms with van der Waals surface area (Å²) < 4.78 is 9.71. The number of nitro groups is 1. The summed E-state index contributed by atoms with van der Waals surface area (Å²) in [5.74, 6) is 0.492. The molecule has 1 heterocycles. The van der Waals surface area contributed by atoms with Crippen molar-refractivity contribution >= 4 is 11.8 Å². The number of carbonyl (C=O) groups excluding carboxylic acids is 1. The lowest BCUT2D eigenvalue weighted by atomic mass is 10.1. The summed E-state index contributed by atoms with van der Waals surface area (Å²) in [6, 6.07) is 3.85. The fourth-order valence-electron chi connectivity index (χ4n) is 1.66. The molecule has 1 aromatic carbocycles. The average Bonchev–Trinajstić information content (AvgIpc) is 2.75. The predicted octanol–water partition coefficient (Wildman–Crippen LogP) is 1.38. The molecule has 1 fully saturated rings. The quantitative estimate of drug-likeness (QED) is 0.634. The van der Waals surface area contributed by atoms with E-state index in [2.05, 4.69) is 5.32 Å². The van der Waals surface area contributed by atoms with Gasteiger partial charge in [0.25, 0.3) is 5.69 Å². The molecule has 0 radical (unpaired) electrons. The van der Waals surface area contributed by atoms with Gasteiger partial charge in [0.15, 0.2) is 0 Å². The van der Waals surface area contributed by atoms with E-state index in [0.717, 1.165) is 0 Å². The molecule has 1 atom stereocenters. The lowest BCUT2D eigenvalue weighted by Crippen LogP contribution is -2.19. The first-order valence-corrected chi connectivity index (χ1v) is 4.87. The molecule has 1 amide bonds. The number of ether oxygens (including phenoxy) is 2. The molecule has 0 saturated carbocycles. The summed E-state index contributed by atoms with van der Waals surface area (Å²) in [5, 5.41) is 13.4. The second-order valence-corrected chi connectivity index (χ2v) is 3.48. The smallest absolute Gasteiger partial charge is 0.407 e. The third-order valence-corrected chi connectivity index (χ3v) is 2.48. The van der Waals surface area contributed by atoms with E-state index in [0.29, 0.717) is 11.3 Å². The molecule has 1 N–H and O–H groups in total. The van der Waals surface area contributed by atoms with Crippen molar-refractivity contribution in [1.29, 1.82) is 0 Å². The number of nitro benzene ring substituents is 1. The Kier molecular flexibility index (Phi) is 2.82. The van der Waals surface area contributed by atoms with Crippen molar-refractivity contribution in [3.05, 3.63) is 33.9 Å². The SMILES string of the molecule is COc1ccc([N+](=O)[O-])c(C2COC(=O)N2)c1. The molecular formula is C10H10N2O5. The van der Waals surface area contributed by atoms with Gasteiger partial charge in [0.2, 0.25) is 0 Å². The van der Waals surface area contributed by atoms with E-state index in [1.165, 1.54) is 25.3 Å². The van der Waals surface area contributed by atoms with Gasteiger partial charge in [0.05, 0.1) is 23.6 Å². The second kappa shape index (κ2) is 4.28. The zero-order valence-electron chi connectivity index (χ0n) is 9.00. The van der Waals surface area contributed by atoms with Crippen molar-refractivity contribution in [3.8, 4) is 5.75 Å². The molecule has 1 aromatic rings. The zero-order valence-corrected chi connectivity index (χ0v) is 9.00. The van der Waals surface area contributed by atoms with Gasteiger partial charge in [-0.2, -0.15) is 0 Å². The minimum absolute atomic E-state index is 0.0680. The normalized spacial score (nSPS) is 18.4. The third-order valence-electron chi connectivity index (χ3n) is 2.48. The third kappa shape index (κ3) is 2.12. The Labute approximate surface area is 96.5 Å². The fourth-order valence-corrected chi connectivity index (χ4v) is 1.66. The molecule has 1 saturated heterocycles. The predicted molar refractivity (Wildman–Crippen MR) is 56.9 cm³/mol. The van der Waals surface area contributed by atoms with Gasteiger partial charge in [-0.15, -0.1) is 0 Å². The van der Waals surface area contributed by atoms with Gasteiger partial charge in [-0.1, -0.05) is 0 Å². The van der Waals surface area contributed by atoms with Crippen LogP contribution in [0.2, 0.25) is 0 Å². The zero-order chi connectivity index (χ0) is 12.4. The van der Waals surface area contributed by atoms with E-state index in [9.17, 15) is 14.9 Å². The van der Waals surface area contributed by atoms with E-state index < -0.39 is 17.1 Å². The maximum atomic E-state index is 10.9. The summed E-state index contributed by atoms with van der Waals surface area (Å²) in [5.41, 5.74) is 0.307. The van der Waals surface area contributed by atoms with Gasteiger partial charge in [0.1, 0.15) is 12.4 Å². The van der Waals surface area contributed by atoms with Crippen LogP contribution in [0.15, 0.2) is 18.2 Å². The number of carbonyl (C=O) groups is 1. The maximum absolute atomic E-state index is 10.9. The standard InChI is InChI=1S/C10H10N2O5/c1-16-6-2-3-9(12(14)15)7(4-6)8-5-17-10(13)11-8/h2-4,8H,5H2,1H3,(H,11,13). The molecule has 0 aromatic heterocycles. The van der Waals surface area contributed by atoms with Crippen LogP contribution < -0.4 is 10.1 Å². The molecule has 0 spiro atoms. The van der Waals surface area contributed by atoms with Crippen LogP contribution in [0.3, 0.4) is 0 Å². The van der Waals surface area contributed by atoms with Crippen molar-refractivity contribution < 1.29 is 19.2 Å². The Balaban J connectivity index is 2.41. The number of nitrogens with zero attached hydrogens (tertiary/aromatic N) is 1. The lowest BCUT2D eigenvalue weighted by molar-refractivity contribution is -0.385. The molecule has 17 heavy (non-hydrogen) atoms. The van der Waals surface area contributed by atoms with Crippen LogP contribution in [0.5, 0.6) is 5.75 Å². The van der Waals surface area contributed by atoms with Crippen molar-refractivity contribution in [2.45, 2.75) is 6.04 Å². The van der Waals surface area contributed by atoms with Gasteiger partial charge in [-0.25, -0.2) is 4.79 Å². The molecule has 7 heteroatoms. The van der Waals surface area contributed by atoms with Gasteiger partial charge >= 0.3 is 6.09 Å². The second-order valence-electron chi connectivity index (χ2n) is 3.48. The number of methoxy groups -OCH3 is 1. The van der Waals surface area contributed by atoms with Gasteiger partial charge in [0, 0.05) is 6.07 Å². The van der Waals surface area contributed by atoms with Crippen molar-refractivity contribution in [2.24, 2.45) is 0 Å². The Morgan fingerprint density at radius 2 is 2.35 bits per heavy atom. The first-order valence-electron chi connectivity index (χ1n) is 4.87. The Hall–Kier alpha value is -2.31. The van der Waals surface area contributed by atoms with Crippen LogP contribution in [-0.2, 0) is 4.74 Å². The van der Waals surface area contributed by atoms with Crippen LogP contribution in [0, 0.1) is 10.1 Å². The highest BCUT2D eigenvalue weighted by Gasteiger charge is 2.30. The summed E-state index contributed by atoms with van der Waals surface area (Å²) >= 11 is 0. The molecule has 0 bridgehead atoms. The number of hydrogen-bond acceptors (Lipinski definition) is 5. The minimum Gasteiger partial charge on any atom is -0.497 e. The van der Waals surface area contributed by atoms with E-state index in [1.54, 1.807) is 0 Å². The number of amides is 1. The molecule has 1 unspecified atom stereocenters. The topological polar surface area (TPSA) is 90.7 Å². The highest BCUT2D eigenvalue weighted by molar-refractivity contribution is 5.70. The van der Waals surface area contributed by atoms with Crippen LogP contribution in [0.1, 0.15) is 11.6 Å². The summed E-state index contributed by atoms with van der Waals surface area (Å²) in [7, 11) is 1.47. The number of cyclic esters (lactones) is 1. The van der Waals surface area contributed by atoms with E-state index in [-0.39, 0.29) is 12.3 Å². The molecule has 2 rings (SSSR count). The maximum Gasteiger partial charge on any atom is 0.407 e. The van der Waals surface area contributed by atoms with Crippen LogP contribution in [0.25, 0.3) is 0 Å². The highest BCUT2D eigenvalue weighted by atomic mass is 16.6. The van der Waals surface area contributed by atoms with E-state index in [4.69, 9.17) is 9.47 Å². The van der Waals surface area contributed by atoms with Gasteiger partial charge in [-0.3, -0.25) is 10.1 Å². The summed E-state index contributed by atoms with van der Waals surface area (Å²) in [6.07, 6.45) is -0.577. The average molecular weight is 238 g/mol. The highest BCUT2D eigenvalue weighted by Crippen LogP contribution is 2.31. The van der Waals surface area contributed by atoms with Crippen molar-refractivity contribution in [3.63, 3.8) is 0 Å². The summed E-state index contributed by atoms with van der Waals surface area (Å²) in [4.78, 5) is 21.3. The van der Waals surface area contributed by atoms with Gasteiger partial charge < -0.3 is 14.8 Å². The Morgan fingerprint density at radius 1 is 1.59 bits per heavy atom. The van der Waals surface area contributed by atoms with Crippen LogP contribution in [-0.4, -0.2) is 24.7 Å². The molecule has 1 aliphatic rings.